The summed E-state index contributed by atoms with van der Waals surface area (Å²) in [6.45, 7) is 0. The van der Waals surface area contributed by atoms with E-state index in [1.165, 1.54) is 0 Å². The van der Waals surface area contributed by atoms with Crippen molar-refractivity contribution in [2.45, 2.75) is 25.7 Å². The van der Waals surface area contributed by atoms with Crippen molar-refractivity contribution in [2.75, 3.05) is 0 Å². The Bertz CT molecular complexity index is 294. The summed E-state index contributed by atoms with van der Waals surface area (Å²) in [6.07, 6.45) is 1.17. The molecule has 0 unspecified atom stereocenters. The van der Waals surface area contributed by atoms with E-state index >= 15 is 0 Å². The molecule has 0 bridgehead atoms. The van der Waals surface area contributed by atoms with Crippen LogP contribution in [0.2, 0.25) is 0 Å². The molecule has 0 aromatic carbocycles. The minimum atomic E-state index is -1.04. The van der Waals surface area contributed by atoms with E-state index in [-0.39, 0.29) is 12.8 Å². The SMILES string of the molecule is NC(=O)C(CCCCC(C(N)=O)C(N)=O)C(N)=O. The third-order valence-electron chi connectivity index (χ3n) is 2.61. The van der Waals surface area contributed by atoms with Crippen molar-refractivity contribution in [1.82, 2.24) is 0 Å². The van der Waals surface area contributed by atoms with Crippen molar-refractivity contribution in [3.05, 3.63) is 0 Å². The summed E-state index contributed by atoms with van der Waals surface area (Å²) in [6, 6.07) is 0. The lowest BCUT2D eigenvalue weighted by Crippen LogP contribution is -2.36. The lowest BCUT2D eigenvalue weighted by Gasteiger charge is -2.11. The highest BCUT2D eigenvalue weighted by atomic mass is 16.2. The van der Waals surface area contributed by atoms with E-state index < -0.39 is 35.5 Å². The number of hydrogen-bond acceptors (Lipinski definition) is 4. The number of amides is 4. The van der Waals surface area contributed by atoms with Gasteiger partial charge in [0.2, 0.25) is 23.6 Å². The van der Waals surface area contributed by atoms with Gasteiger partial charge in [-0.05, 0) is 12.8 Å². The molecule has 0 spiro atoms. The van der Waals surface area contributed by atoms with Gasteiger partial charge < -0.3 is 22.9 Å². The molecule has 0 aromatic heterocycles. The number of carbonyl (C=O) groups is 4. The molecule has 0 saturated carbocycles. The van der Waals surface area contributed by atoms with Crippen molar-refractivity contribution < 1.29 is 19.2 Å². The van der Waals surface area contributed by atoms with Gasteiger partial charge in [0.1, 0.15) is 11.8 Å². The second-order valence-electron chi connectivity index (χ2n) is 4.00. The topological polar surface area (TPSA) is 172 Å². The van der Waals surface area contributed by atoms with Crippen molar-refractivity contribution in [2.24, 2.45) is 34.8 Å². The number of carbonyl (C=O) groups excluding carboxylic acids is 4. The van der Waals surface area contributed by atoms with Gasteiger partial charge in [0, 0.05) is 0 Å². The first-order chi connectivity index (χ1) is 8.27. The fourth-order valence-electron chi connectivity index (χ4n) is 1.55. The van der Waals surface area contributed by atoms with E-state index in [2.05, 4.69) is 0 Å². The molecule has 0 heterocycles. The molecule has 0 aliphatic carbocycles. The van der Waals surface area contributed by atoms with Crippen LogP contribution >= 0.6 is 0 Å². The third kappa shape index (κ3) is 5.28. The van der Waals surface area contributed by atoms with Crippen LogP contribution in [0.3, 0.4) is 0 Å². The van der Waals surface area contributed by atoms with Crippen LogP contribution in [0.25, 0.3) is 0 Å². The van der Waals surface area contributed by atoms with E-state index in [4.69, 9.17) is 22.9 Å². The first-order valence-corrected chi connectivity index (χ1v) is 5.44. The highest BCUT2D eigenvalue weighted by molar-refractivity contribution is 5.99. The van der Waals surface area contributed by atoms with Crippen LogP contribution < -0.4 is 22.9 Å². The number of unbranched alkanes of at least 4 members (excludes halogenated alkanes) is 1. The second-order valence-corrected chi connectivity index (χ2v) is 4.00. The summed E-state index contributed by atoms with van der Waals surface area (Å²) in [5.41, 5.74) is 20.0. The van der Waals surface area contributed by atoms with Gasteiger partial charge in [-0.2, -0.15) is 0 Å². The van der Waals surface area contributed by atoms with Crippen LogP contribution in [0.4, 0.5) is 0 Å². The molecule has 0 rings (SSSR count). The molecule has 8 nitrogen and oxygen atoms in total. The summed E-state index contributed by atoms with van der Waals surface area (Å²) in [7, 11) is 0. The fraction of sp³-hybridized carbons (Fsp3) is 0.600. The van der Waals surface area contributed by atoms with Gasteiger partial charge in [0.25, 0.3) is 0 Å². The van der Waals surface area contributed by atoms with E-state index in [1.54, 1.807) is 0 Å². The molecular weight excluding hydrogens is 240 g/mol. The van der Waals surface area contributed by atoms with Crippen LogP contribution in [0.5, 0.6) is 0 Å². The highest BCUT2D eigenvalue weighted by Gasteiger charge is 2.23. The van der Waals surface area contributed by atoms with Crippen molar-refractivity contribution in [3.8, 4) is 0 Å². The zero-order chi connectivity index (χ0) is 14.3. The monoisotopic (exact) mass is 258 g/mol. The van der Waals surface area contributed by atoms with Crippen LogP contribution in [0, 0.1) is 11.8 Å². The standard InChI is InChI=1S/C10H18N4O4/c11-7(15)5(8(12)16)3-1-2-4-6(9(13)17)10(14)18/h5-6H,1-4H2,(H2,11,15)(H2,12,16)(H2,13,17)(H2,14,18). The Morgan fingerprint density at radius 2 is 0.833 bits per heavy atom. The van der Waals surface area contributed by atoms with E-state index in [1.807, 2.05) is 0 Å². The van der Waals surface area contributed by atoms with Crippen LogP contribution in [-0.4, -0.2) is 23.6 Å². The molecular formula is C10H18N4O4. The molecule has 4 amide bonds. The fourth-order valence-corrected chi connectivity index (χ4v) is 1.55. The maximum absolute atomic E-state index is 10.9. The maximum Gasteiger partial charge on any atom is 0.229 e. The smallest absolute Gasteiger partial charge is 0.229 e. The van der Waals surface area contributed by atoms with Gasteiger partial charge in [0.05, 0.1) is 0 Å². The van der Waals surface area contributed by atoms with E-state index in [0.29, 0.717) is 12.8 Å². The maximum atomic E-state index is 10.9. The Balaban J connectivity index is 4.12. The van der Waals surface area contributed by atoms with Gasteiger partial charge in [-0.1, -0.05) is 12.8 Å². The minimum Gasteiger partial charge on any atom is -0.369 e. The van der Waals surface area contributed by atoms with Crippen LogP contribution in [-0.2, 0) is 19.2 Å². The predicted octanol–water partition coefficient (Wildman–Crippen LogP) is -2.28. The number of rotatable bonds is 9. The van der Waals surface area contributed by atoms with Crippen molar-refractivity contribution in [3.63, 3.8) is 0 Å². The second kappa shape index (κ2) is 7.25. The zero-order valence-corrected chi connectivity index (χ0v) is 9.93. The Morgan fingerprint density at radius 3 is 1.00 bits per heavy atom. The summed E-state index contributed by atoms with van der Waals surface area (Å²) >= 11 is 0. The summed E-state index contributed by atoms with van der Waals surface area (Å²) in [4.78, 5) is 43.4. The molecule has 102 valence electrons. The van der Waals surface area contributed by atoms with Crippen LogP contribution in [0.1, 0.15) is 25.7 Å². The normalized spacial score (nSPS) is 10.6. The minimum absolute atomic E-state index is 0.176. The first kappa shape index (κ1) is 15.9. The lowest BCUT2D eigenvalue weighted by atomic mass is 9.95. The lowest BCUT2D eigenvalue weighted by molar-refractivity contribution is -0.134. The van der Waals surface area contributed by atoms with Gasteiger partial charge in [0.15, 0.2) is 0 Å². The quantitative estimate of drug-likeness (QED) is 0.269. The summed E-state index contributed by atoms with van der Waals surface area (Å²) in [5, 5.41) is 0. The molecule has 0 fully saturated rings. The first-order valence-electron chi connectivity index (χ1n) is 5.44. The Hall–Kier alpha value is -2.12. The molecule has 18 heavy (non-hydrogen) atoms. The Morgan fingerprint density at radius 1 is 0.611 bits per heavy atom. The Labute approximate surface area is 104 Å². The van der Waals surface area contributed by atoms with Crippen LogP contribution in [0.15, 0.2) is 0 Å². The molecule has 0 saturated heterocycles. The number of nitrogens with two attached hydrogens (primary N) is 4. The van der Waals surface area contributed by atoms with Gasteiger partial charge in [-0.25, -0.2) is 0 Å². The summed E-state index contributed by atoms with van der Waals surface area (Å²) in [5.74, 6) is -5.23. The molecule has 0 atom stereocenters. The van der Waals surface area contributed by atoms with Gasteiger partial charge in [-0.15, -0.1) is 0 Å². The molecule has 0 aliphatic rings. The largest absolute Gasteiger partial charge is 0.369 e. The molecule has 0 aliphatic heterocycles. The number of hydrogen-bond donors (Lipinski definition) is 4. The van der Waals surface area contributed by atoms with E-state index in [0.717, 1.165) is 0 Å². The van der Waals surface area contributed by atoms with Crippen molar-refractivity contribution >= 4 is 23.6 Å². The molecule has 0 radical (unpaired) electrons. The molecule has 0 aromatic rings. The zero-order valence-electron chi connectivity index (χ0n) is 9.93. The predicted molar refractivity (Wildman–Crippen MR) is 62.2 cm³/mol. The molecule has 8 N–H and O–H groups in total. The van der Waals surface area contributed by atoms with Crippen molar-refractivity contribution in [1.29, 1.82) is 0 Å². The Kier molecular flexibility index (Phi) is 6.40. The highest BCUT2D eigenvalue weighted by Crippen LogP contribution is 2.13. The van der Waals surface area contributed by atoms with E-state index in [9.17, 15) is 19.2 Å². The van der Waals surface area contributed by atoms with Gasteiger partial charge in [-0.3, -0.25) is 19.2 Å². The third-order valence-corrected chi connectivity index (χ3v) is 2.61. The number of primary amides is 4. The summed E-state index contributed by atoms with van der Waals surface area (Å²) < 4.78 is 0. The molecule has 8 heteroatoms. The average molecular weight is 258 g/mol. The van der Waals surface area contributed by atoms with Gasteiger partial charge >= 0.3 is 0 Å². The average Bonchev–Trinajstić information content (AvgIpc) is 2.20.